The number of nitrogens with zero attached hydrogens (tertiary/aromatic N) is 2. The highest BCUT2D eigenvalue weighted by atomic mass is 15.2. The van der Waals surface area contributed by atoms with E-state index in [0.29, 0.717) is 5.41 Å². The largest absolute Gasteiger partial charge is 0.315 e. The minimum Gasteiger partial charge on any atom is -0.315 e. The Kier molecular flexibility index (Phi) is 5.88. The van der Waals surface area contributed by atoms with E-state index in [9.17, 15) is 0 Å². The normalized spacial score (nSPS) is 29.4. The van der Waals surface area contributed by atoms with Crippen molar-refractivity contribution < 1.29 is 0 Å². The first-order valence-corrected chi connectivity index (χ1v) is 8.59. The molecule has 2 saturated heterocycles. The monoisotopic (exact) mass is 281 g/mol. The van der Waals surface area contributed by atoms with Gasteiger partial charge in [0.1, 0.15) is 0 Å². The molecule has 2 fully saturated rings. The average Bonchev–Trinajstić information content (AvgIpc) is 2.37. The molecule has 2 aliphatic heterocycles. The van der Waals surface area contributed by atoms with Crippen LogP contribution in [-0.2, 0) is 0 Å². The minimum absolute atomic E-state index is 0.456. The molecule has 20 heavy (non-hydrogen) atoms. The Morgan fingerprint density at radius 2 is 1.90 bits per heavy atom. The standard InChI is InChI=1S/C17H35N3/c1-17(2,3)8-9-18-10-13-20-12-7-16-15(14-20)6-5-11-19(16)4/h15-16,18H,5-14H2,1-4H3. The van der Waals surface area contributed by atoms with Crippen LogP contribution in [-0.4, -0.2) is 62.2 Å². The highest BCUT2D eigenvalue weighted by molar-refractivity contribution is 4.89. The molecule has 3 nitrogen and oxygen atoms in total. The van der Waals surface area contributed by atoms with Crippen molar-refractivity contribution in [3.05, 3.63) is 0 Å². The van der Waals surface area contributed by atoms with Gasteiger partial charge in [-0.15, -0.1) is 0 Å². The summed E-state index contributed by atoms with van der Waals surface area (Å²) in [4.78, 5) is 5.29. The summed E-state index contributed by atoms with van der Waals surface area (Å²) >= 11 is 0. The average molecular weight is 281 g/mol. The Morgan fingerprint density at radius 3 is 2.65 bits per heavy atom. The van der Waals surface area contributed by atoms with Gasteiger partial charge in [-0.3, -0.25) is 0 Å². The summed E-state index contributed by atoms with van der Waals surface area (Å²) in [6, 6.07) is 0.869. The van der Waals surface area contributed by atoms with E-state index in [2.05, 4.69) is 42.9 Å². The van der Waals surface area contributed by atoms with E-state index in [4.69, 9.17) is 0 Å². The Balaban J connectivity index is 1.61. The predicted octanol–water partition coefficient (Wildman–Crippen LogP) is 2.43. The number of piperidine rings is 2. The van der Waals surface area contributed by atoms with Crippen LogP contribution in [0.2, 0.25) is 0 Å². The Morgan fingerprint density at radius 1 is 1.10 bits per heavy atom. The molecule has 2 heterocycles. The van der Waals surface area contributed by atoms with Crippen LogP contribution in [0.1, 0.15) is 46.5 Å². The van der Waals surface area contributed by atoms with Crippen LogP contribution in [0, 0.1) is 11.3 Å². The Hall–Kier alpha value is -0.120. The number of hydrogen-bond donors (Lipinski definition) is 1. The van der Waals surface area contributed by atoms with Gasteiger partial charge >= 0.3 is 0 Å². The molecular formula is C17H35N3. The molecule has 2 unspecified atom stereocenters. The van der Waals surface area contributed by atoms with E-state index in [1.807, 2.05) is 0 Å². The third kappa shape index (κ3) is 5.01. The number of rotatable bonds is 5. The van der Waals surface area contributed by atoms with Crippen LogP contribution < -0.4 is 5.32 Å². The quantitative estimate of drug-likeness (QED) is 0.781. The van der Waals surface area contributed by atoms with Crippen LogP contribution in [0.25, 0.3) is 0 Å². The van der Waals surface area contributed by atoms with E-state index in [1.54, 1.807) is 0 Å². The zero-order valence-electron chi connectivity index (χ0n) is 14.1. The van der Waals surface area contributed by atoms with E-state index in [0.717, 1.165) is 25.0 Å². The smallest absolute Gasteiger partial charge is 0.0145 e. The summed E-state index contributed by atoms with van der Waals surface area (Å²) in [7, 11) is 2.32. The van der Waals surface area contributed by atoms with Crippen molar-refractivity contribution in [1.82, 2.24) is 15.1 Å². The van der Waals surface area contributed by atoms with Crippen LogP contribution in [0.15, 0.2) is 0 Å². The van der Waals surface area contributed by atoms with Gasteiger partial charge in [0.2, 0.25) is 0 Å². The van der Waals surface area contributed by atoms with Crippen molar-refractivity contribution in [2.45, 2.75) is 52.5 Å². The van der Waals surface area contributed by atoms with Crippen molar-refractivity contribution in [1.29, 1.82) is 0 Å². The first kappa shape index (κ1) is 16.3. The fraction of sp³-hybridized carbons (Fsp3) is 1.00. The Bertz CT molecular complexity index is 284. The Labute approximate surface area is 126 Å². The second-order valence-electron chi connectivity index (χ2n) is 8.10. The molecule has 0 aromatic carbocycles. The fourth-order valence-corrected chi connectivity index (χ4v) is 3.76. The lowest BCUT2D eigenvalue weighted by molar-refractivity contribution is 0.0391. The summed E-state index contributed by atoms with van der Waals surface area (Å²) in [6.45, 7) is 14.4. The van der Waals surface area contributed by atoms with Gasteiger partial charge in [0, 0.05) is 25.7 Å². The molecule has 2 rings (SSSR count). The van der Waals surface area contributed by atoms with Crippen molar-refractivity contribution in [2.24, 2.45) is 11.3 Å². The summed E-state index contributed by atoms with van der Waals surface area (Å²) < 4.78 is 0. The second kappa shape index (κ2) is 7.24. The van der Waals surface area contributed by atoms with Crippen molar-refractivity contribution in [2.75, 3.05) is 46.3 Å². The molecule has 2 aliphatic rings. The first-order chi connectivity index (χ1) is 9.46. The number of nitrogens with one attached hydrogen (secondary N) is 1. The molecule has 0 radical (unpaired) electrons. The van der Waals surface area contributed by atoms with E-state index in [-0.39, 0.29) is 0 Å². The van der Waals surface area contributed by atoms with Gasteiger partial charge in [-0.05, 0) is 63.7 Å². The second-order valence-corrected chi connectivity index (χ2v) is 8.10. The van der Waals surface area contributed by atoms with Gasteiger partial charge < -0.3 is 15.1 Å². The summed E-state index contributed by atoms with van der Waals surface area (Å²) in [6.07, 6.45) is 5.49. The number of likely N-dealkylation sites (tertiary alicyclic amines) is 2. The molecule has 0 aromatic heterocycles. The molecular weight excluding hydrogens is 246 g/mol. The molecule has 0 aliphatic carbocycles. The third-order valence-corrected chi connectivity index (χ3v) is 5.09. The molecule has 0 saturated carbocycles. The molecule has 0 bridgehead atoms. The van der Waals surface area contributed by atoms with E-state index in [1.165, 1.54) is 51.9 Å². The van der Waals surface area contributed by atoms with Gasteiger partial charge in [0.05, 0.1) is 0 Å². The van der Waals surface area contributed by atoms with Crippen LogP contribution in [0.5, 0.6) is 0 Å². The molecule has 1 N–H and O–H groups in total. The number of hydrogen-bond acceptors (Lipinski definition) is 3. The van der Waals surface area contributed by atoms with Gasteiger partial charge in [0.25, 0.3) is 0 Å². The maximum absolute atomic E-state index is 3.62. The molecule has 118 valence electrons. The van der Waals surface area contributed by atoms with E-state index < -0.39 is 0 Å². The lowest BCUT2D eigenvalue weighted by atomic mass is 9.84. The maximum Gasteiger partial charge on any atom is 0.0145 e. The predicted molar refractivity (Wildman–Crippen MR) is 87.1 cm³/mol. The fourth-order valence-electron chi connectivity index (χ4n) is 3.76. The van der Waals surface area contributed by atoms with Gasteiger partial charge in [-0.25, -0.2) is 0 Å². The zero-order valence-corrected chi connectivity index (χ0v) is 14.1. The summed E-state index contributed by atoms with van der Waals surface area (Å²) in [5.41, 5.74) is 0.456. The minimum atomic E-state index is 0.456. The van der Waals surface area contributed by atoms with Gasteiger partial charge in [0.15, 0.2) is 0 Å². The lowest BCUT2D eigenvalue weighted by Gasteiger charge is -2.46. The van der Waals surface area contributed by atoms with Crippen LogP contribution in [0.4, 0.5) is 0 Å². The van der Waals surface area contributed by atoms with Crippen LogP contribution >= 0.6 is 0 Å². The van der Waals surface area contributed by atoms with Crippen molar-refractivity contribution in [3.63, 3.8) is 0 Å². The van der Waals surface area contributed by atoms with E-state index >= 15 is 0 Å². The zero-order chi connectivity index (χ0) is 14.6. The molecule has 0 aromatic rings. The van der Waals surface area contributed by atoms with Crippen molar-refractivity contribution in [3.8, 4) is 0 Å². The topological polar surface area (TPSA) is 18.5 Å². The van der Waals surface area contributed by atoms with Crippen LogP contribution in [0.3, 0.4) is 0 Å². The summed E-state index contributed by atoms with van der Waals surface area (Å²) in [5, 5.41) is 3.62. The third-order valence-electron chi connectivity index (χ3n) is 5.09. The summed E-state index contributed by atoms with van der Waals surface area (Å²) in [5.74, 6) is 0.928. The van der Waals surface area contributed by atoms with Gasteiger partial charge in [-0.1, -0.05) is 20.8 Å². The highest BCUT2D eigenvalue weighted by Gasteiger charge is 2.33. The highest BCUT2D eigenvalue weighted by Crippen LogP contribution is 2.29. The molecule has 0 spiro atoms. The molecule has 3 heteroatoms. The van der Waals surface area contributed by atoms with Crippen molar-refractivity contribution >= 4 is 0 Å². The maximum atomic E-state index is 3.62. The van der Waals surface area contributed by atoms with Gasteiger partial charge in [-0.2, -0.15) is 0 Å². The number of fused-ring (bicyclic) bond motifs is 1. The first-order valence-electron chi connectivity index (χ1n) is 8.59. The lowest BCUT2D eigenvalue weighted by Crippen LogP contribution is -2.53. The molecule has 2 atom stereocenters. The molecule has 0 amide bonds. The SMILES string of the molecule is CN1CCCC2CN(CCNCCC(C)(C)C)CCC21.